The molecule has 4 heteroatoms. The monoisotopic (exact) mass is 232 g/mol. The van der Waals surface area contributed by atoms with Crippen molar-refractivity contribution < 1.29 is 9.21 Å². The van der Waals surface area contributed by atoms with E-state index in [0.29, 0.717) is 16.9 Å². The average molecular weight is 232 g/mol. The molecule has 0 aliphatic heterocycles. The number of nitrogens with one attached hydrogen (secondary N) is 1. The molecule has 2 aliphatic carbocycles. The zero-order valence-electron chi connectivity index (χ0n) is 9.90. The fourth-order valence-electron chi connectivity index (χ4n) is 2.66. The maximum absolute atomic E-state index is 11.8. The molecule has 3 rings (SSSR count). The molecule has 0 radical (unpaired) electrons. The second-order valence-electron chi connectivity index (χ2n) is 5.12. The number of hydrogen-bond acceptors (Lipinski definition) is 3. The van der Waals surface area contributed by atoms with Crippen molar-refractivity contribution in [3.8, 4) is 0 Å². The third kappa shape index (κ3) is 1.77. The normalized spacial score (nSPS) is 25.5. The van der Waals surface area contributed by atoms with Crippen LogP contribution in [0.25, 0.3) is 0 Å². The molecule has 0 saturated heterocycles. The number of rotatable bonds is 3. The standard InChI is InChI=1S/C13H16N2O2/c1-9(11-4-2-7-17-11)14-15-12(16)10-8-13(10)5-3-6-13/h2,4,7,10H,3,5-6,8H2,1H3,(H,15,16). The van der Waals surface area contributed by atoms with Gasteiger partial charge in [-0.1, -0.05) is 6.42 Å². The van der Waals surface area contributed by atoms with Gasteiger partial charge in [0.15, 0.2) is 0 Å². The largest absolute Gasteiger partial charge is 0.463 e. The number of hydrogen-bond donors (Lipinski definition) is 1. The average Bonchev–Trinajstić information content (AvgIpc) is 2.83. The molecule has 4 nitrogen and oxygen atoms in total. The highest BCUT2D eigenvalue weighted by molar-refractivity contribution is 5.97. The summed E-state index contributed by atoms with van der Waals surface area (Å²) in [6, 6.07) is 3.63. The van der Waals surface area contributed by atoms with Crippen LogP contribution in [-0.4, -0.2) is 11.6 Å². The lowest BCUT2D eigenvalue weighted by Gasteiger charge is -2.25. The van der Waals surface area contributed by atoms with Gasteiger partial charge in [0.05, 0.1) is 6.26 Å². The molecule has 17 heavy (non-hydrogen) atoms. The van der Waals surface area contributed by atoms with E-state index in [9.17, 15) is 4.79 Å². The Labute approximate surface area is 100 Å². The Balaban J connectivity index is 1.57. The van der Waals surface area contributed by atoms with E-state index >= 15 is 0 Å². The van der Waals surface area contributed by atoms with Gasteiger partial charge in [-0.3, -0.25) is 4.79 Å². The van der Waals surface area contributed by atoms with Crippen LogP contribution in [0.15, 0.2) is 27.9 Å². The van der Waals surface area contributed by atoms with Crippen LogP contribution in [0.3, 0.4) is 0 Å². The van der Waals surface area contributed by atoms with Gasteiger partial charge in [-0.2, -0.15) is 5.10 Å². The molecule has 2 fully saturated rings. The topological polar surface area (TPSA) is 54.6 Å². The summed E-state index contributed by atoms with van der Waals surface area (Å²) in [5.41, 5.74) is 3.70. The molecule has 1 aromatic heterocycles. The van der Waals surface area contributed by atoms with Crippen LogP contribution in [-0.2, 0) is 4.79 Å². The summed E-state index contributed by atoms with van der Waals surface area (Å²) < 4.78 is 5.19. The highest BCUT2D eigenvalue weighted by Crippen LogP contribution is 2.65. The van der Waals surface area contributed by atoms with E-state index in [-0.39, 0.29) is 11.8 Å². The molecule has 1 amide bonds. The number of amides is 1. The quantitative estimate of drug-likeness (QED) is 0.642. The molecule has 1 spiro atoms. The van der Waals surface area contributed by atoms with E-state index in [1.54, 1.807) is 12.3 Å². The van der Waals surface area contributed by atoms with Crippen LogP contribution < -0.4 is 5.43 Å². The van der Waals surface area contributed by atoms with Crippen LogP contribution >= 0.6 is 0 Å². The summed E-state index contributed by atoms with van der Waals surface area (Å²) in [6.45, 7) is 1.82. The highest BCUT2D eigenvalue weighted by Gasteiger charge is 2.60. The maximum atomic E-state index is 11.8. The molecule has 1 aromatic rings. The maximum Gasteiger partial charge on any atom is 0.243 e. The van der Waals surface area contributed by atoms with E-state index in [1.165, 1.54) is 19.3 Å². The number of carbonyl (C=O) groups excluding carboxylic acids is 1. The van der Waals surface area contributed by atoms with Gasteiger partial charge in [0.25, 0.3) is 0 Å². The zero-order valence-corrected chi connectivity index (χ0v) is 9.90. The van der Waals surface area contributed by atoms with Crippen molar-refractivity contribution in [2.75, 3.05) is 0 Å². The Hall–Kier alpha value is -1.58. The van der Waals surface area contributed by atoms with Crippen molar-refractivity contribution in [3.63, 3.8) is 0 Å². The van der Waals surface area contributed by atoms with Gasteiger partial charge >= 0.3 is 0 Å². The van der Waals surface area contributed by atoms with Crippen molar-refractivity contribution in [1.82, 2.24) is 5.43 Å². The minimum Gasteiger partial charge on any atom is -0.463 e. The summed E-state index contributed by atoms with van der Waals surface area (Å²) in [7, 11) is 0. The summed E-state index contributed by atoms with van der Waals surface area (Å²) in [5.74, 6) is 0.958. The summed E-state index contributed by atoms with van der Waals surface area (Å²) in [5, 5.41) is 4.08. The molecular weight excluding hydrogens is 216 g/mol. The van der Waals surface area contributed by atoms with E-state index in [4.69, 9.17) is 4.42 Å². The fourth-order valence-corrected chi connectivity index (χ4v) is 2.66. The summed E-state index contributed by atoms with van der Waals surface area (Å²) in [6.07, 6.45) is 6.35. The minimum atomic E-state index is 0.0654. The van der Waals surface area contributed by atoms with Gasteiger partial charge in [0.1, 0.15) is 11.5 Å². The molecule has 2 aliphatic rings. The van der Waals surface area contributed by atoms with Gasteiger partial charge < -0.3 is 4.42 Å². The Bertz CT molecular complexity index is 458. The lowest BCUT2D eigenvalue weighted by molar-refractivity contribution is -0.123. The van der Waals surface area contributed by atoms with Gasteiger partial charge in [-0.25, -0.2) is 5.43 Å². The summed E-state index contributed by atoms with van der Waals surface area (Å²) >= 11 is 0. The first-order valence-corrected chi connectivity index (χ1v) is 6.09. The minimum absolute atomic E-state index is 0.0654. The second kappa shape index (κ2) is 3.72. The third-order valence-corrected chi connectivity index (χ3v) is 4.07. The SMILES string of the molecule is CC(=NNC(=O)C1CC12CCC2)c1ccco1. The molecule has 1 unspecified atom stereocenters. The van der Waals surface area contributed by atoms with Crippen LogP contribution in [0.2, 0.25) is 0 Å². The van der Waals surface area contributed by atoms with Gasteiger partial charge in [0, 0.05) is 5.92 Å². The van der Waals surface area contributed by atoms with Gasteiger partial charge in [0.2, 0.25) is 5.91 Å². The Morgan fingerprint density at radius 2 is 2.41 bits per heavy atom. The van der Waals surface area contributed by atoms with E-state index < -0.39 is 0 Å². The lowest BCUT2D eigenvalue weighted by Crippen LogP contribution is -2.26. The molecule has 2 saturated carbocycles. The Kier molecular flexibility index (Phi) is 2.31. The van der Waals surface area contributed by atoms with Crippen molar-refractivity contribution in [1.29, 1.82) is 0 Å². The first-order valence-electron chi connectivity index (χ1n) is 6.09. The molecule has 1 N–H and O–H groups in total. The zero-order chi connectivity index (χ0) is 11.9. The van der Waals surface area contributed by atoms with Crippen LogP contribution in [0.5, 0.6) is 0 Å². The van der Waals surface area contributed by atoms with Crippen LogP contribution in [0.1, 0.15) is 38.4 Å². The van der Waals surface area contributed by atoms with Gasteiger partial charge in [-0.05, 0) is 43.7 Å². The molecule has 1 atom stereocenters. The van der Waals surface area contributed by atoms with E-state index in [1.807, 2.05) is 13.0 Å². The molecule has 90 valence electrons. The van der Waals surface area contributed by atoms with Crippen molar-refractivity contribution in [2.45, 2.75) is 32.6 Å². The predicted octanol–water partition coefficient (Wildman–Crippen LogP) is 2.31. The highest BCUT2D eigenvalue weighted by atomic mass is 16.3. The van der Waals surface area contributed by atoms with E-state index in [0.717, 1.165) is 6.42 Å². The van der Waals surface area contributed by atoms with Crippen LogP contribution in [0, 0.1) is 11.3 Å². The first-order chi connectivity index (χ1) is 8.21. The number of furan rings is 1. The van der Waals surface area contributed by atoms with E-state index in [2.05, 4.69) is 10.5 Å². The molecular formula is C13H16N2O2. The van der Waals surface area contributed by atoms with Crippen LogP contribution in [0.4, 0.5) is 0 Å². The smallest absolute Gasteiger partial charge is 0.243 e. The number of hydrazone groups is 1. The number of carbonyl (C=O) groups is 1. The predicted molar refractivity (Wildman–Crippen MR) is 63.5 cm³/mol. The second-order valence-corrected chi connectivity index (χ2v) is 5.12. The van der Waals surface area contributed by atoms with Crippen molar-refractivity contribution in [3.05, 3.63) is 24.2 Å². The Morgan fingerprint density at radius 1 is 1.59 bits per heavy atom. The van der Waals surface area contributed by atoms with Crippen molar-refractivity contribution in [2.24, 2.45) is 16.4 Å². The third-order valence-electron chi connectivity index (χ3n) is 4.07. The molecule has 1 heterocycles. The lowest BCUT2D eigenvalue weighted by atomic mass is 9.80. The number of nitrogens with zero attached hydrogens (tertiary/aromatic N) is 1. The fraction of sp³-hybridized carbons (Fsp3) is 0.538. The summed E-state index contributed by atoms with van der Waals surface area (Å²) in [4.78, 5) is 11.8. The molecule has 0 bridgehead atoms. The van der Waals surface area contributed by atoms with Gasteiger partial charge in [-0.15, -0.1) is 0 Å². The molecule has 0 aromatic carbocycles. The Morgan fingerprint density at radius 3 is 2.94 bits per heavy atom. The van der Waals surface area contributed by atoms with Crippen molar-refractivity contribution >= 4 is 11.6 Å². The first kappa shape index (κ1) is 10.6.